The molecule has 1 fully saturated rings. The lowest BCUT2D eigenvalue weighted by Gasteiger charge is -2.38. The van der Waals surface area contributed by atoms with Crippen molar-refractivity contribution in [3.63, 3.8) is 0 Å². The minimum absolute atomic E-state index is 0.0652. The zero-order chi connectivity index (χ0) is 12.5. The van der Waals surface area contributed by atoms with E-state index in [-0.39, 0.29) is 5.92 Å². The first-order chi connectivity index (χ1) is 8.75. The van der Waals surface area contributed by atoms with Gasteiger partial charge >= 0.3 is 6.16 Å². The Morgan fingerprint density at radius 3 is 3.17 bits per heavy atom. The summed E-state index contributed by atoms with van der Waals surface area (Å²) in [5.41, 5.74) is 2.73. The van der Waals surface area contributed by atoms with Crippen LogP contribution in [0.15, 0.2) is 35.1 Å². The maximum Gasteiger partial charge on any atom is 0.511 e. The Labute approximate surface area is 106 Å². The molecular formula is C14H17NO3. The first-order valence-corrected chi connectivity index (χ1v) is 6.51. The number of hydrogen-bond donors (Lipinski definition) is 2. The van der Waals surface area contributed by atoms with Gasteiger partial charge in [0.05, 0.1) is 5.92 Å². The van der Waals surface area contributed by atoms with Crippen molar-refractivity contribution in [3.05, 3.63) is 35.1 Å². The molecule has 0 aromatic heterocycles. The fraction of sp³-hybridized carbons (Fsp3) is 0.500. The van der Waals surface area contributed by atoms with Crippen LogP contribution in [0.4, 0.5) is 4.79 Å². The molecule has 0 spiro atoms. The topological polar surface area (TPSA) is 58.6 Å². The molecule has 0 aromatic rings. The van der Waals surface area contributed by atoms with Crippen molar-refractivity contribution in [1.29, 1.82) is 0 Å². The van der Waals surface area contributed by atoms with Gasteiger partial charge in [-0.25, -0.2) is 4.79 Å². The predicted octanol–water partition coefficient (Wildman–Crippen LogP) is 2.59. The first kappa shape index (κ1) is 11.5. The SMILES string of the molecule is O=C(O)OC1=CC=CC2=C3CCCCC3NCC12. The molecular weight excluding hydrogens is 230 g/mol. The Morgan fingerprint density at radius 2 is 2.33 bits per heavy atom. The lowest BCUT2D eigenvalue weighted by Crippen LogP contribution is -2.43. The Balaban J connectivity index is 1.92. The third kappa shape index (κ3) is 1.97. The van der Waals surface area contributed by atoms with E-state index in [0.29, 0.717) is 11.8 Å². The van der Waals surface area contributed by atoms with E-state index in [1.54, 1.807) is 6.08 Å². The maximum absolute atomic E-state index is 10.7. The number of carboxylic acid groups (broad SMARTS) is 1. The van der Waals surface area contributed by atoms with Crippen molar-refractivity contribution >= 4 is 6.16 Å². The van der Waals surface area contributed by atoms with Crippen LogP contribution in [-0.4, -0.2) is 23.8 Å². The van der Waals surface area contributed by atoms with E-state index in [1.807, 2.05) is 6.08 Å². The molecule has 3 aliphatic rings. The third-order valence-electron chi connectivity index (χ3n) is 4.01. The molecule has 1 aliphatic heterocycles. The summed E-state index contributed by atoms with van der Waals surface area (Å²) in [6.07, 6.45) is 9.36. The van der Waals surface area contributed by atoms with Crippen LogP contribution in [0.5, 0.6) is 0 Å². The number of carbonyl (C=O) groups is 1. The number of ether oxygens (including phenoxy) is 1. The Morgan fingerprint density at radius 1 is 1.44 bits per heavy atom. The van der Waals surface area contributed by atoms with Gasteiger partial charge < -0.3 is 15.2 Å². The number of fused-ring (bicyclic) bond motifs is 2. The summed E-state index contributed by atoms with van der Waals surface area (Å²) in [5.74, 6) is 0.611. The quantitative estimate of drug-likeness (QED) is 0.699. The average Bonchev–Trinajstić information content (AvgIpc) is 2.38. The molecule has 4 heteroatoms. The standard InChI is InChI=1S/C14H17NO3/c16-14(17)18-13-7-3-5-9-10-4-1-2-6-12(10)15-8-11(9)13/h3,5,7,11-12,15H,1-2,4,6,8H2,(H,16,17). The largest absolute Gasteiger partial charge is 0.511 e. The number of hydrogen-bond acceptors (Lipinski definition) is 3. The molecule has 2 atom stereocenters. The highest BCUT2D eigenvalue weighted by molar-refractivity contribution is 5.60. The number of nitrogens with one attached hydrogen (secondary N) is 1. The lowest BCUT2D eigenvalue weighted by atomic mass is 9.77. The highest BCUT2D eigenvalue weighted by atomic mass is 16.7. The molecule has 96 valence electrons. The molecule has 2 unspecified atom stereocenters. The van der Waals surface area contributed by atoms with Gasteiger partial charge in [0.15, 0.2) is 0 Å². The molecule has 0 saturated heterocycles. The van der Waals surface area contributed by atoms with Gasteiger partial charge in [-0.05, 0) is 36.5 Å². The van der Waals surface area contributed by atoms with Crippen LogP contribution in [0.1, 0.15) is 25.7 Å². The van der Waals surface area contributed by atoms with Crippen molar-refractivity contribution in [2.24, 2.45) is 5.92 Å². The van der Waals surface area contributed by atoms with E-state index in [2.05, 4.69) is 11.4 Å². The normalized spacial score (nSPS) is 30.3. The molecule has 3 rings (SSSR count). The highest BCUT2D eigenvalue weighted by Crippen LogP contribution is 2.38. The second-order valence-corrected chi connectivity index (χ2v) is 5.04. The van der Waals surface area contributed by atoms with Crippen molar-refractivity contribution in [2.75, 3.05) is 6.54 Å². The van der Waals surface area contributed by atoms with Crippen LogP contribution >= 0.6 is 0 Å². The molecule has 0 amide bonds. The van der Waals surface area contributed by atoms with Crippen LogP contribution in [0.2, 0.25) is 0 Å². The molecule has 4 nitrogen and oxygen atoms in total. The van der Waals surface area contributed by atoms with Gasteiger partial charge in [0.2, 0.25) is 0 Å². The van der Waals surface area contributed by atoms with Gasteiger partial charge in [-0.1, -0.05) is 18.6 Å². The molecule has 0 radical (unpaired) electrons. The van der Waals surface area contributed by atoms with Crippen molar-refractivity contribution in [1.82, 2.24) is 5.32 Å². The second-order valence-electron chi connectivity index (χ2n) is 5.04. The fourth-order valence-electron chi connectivity index (χ4n) is 3.22. The molecule has 1 heterocycles. The van der Waals surface area contributed by atoms with E-state index in [1.165, 1.54) is 30.4 Å². The van der Waals surface area contributed by atoms with Gasteiger partial charge in [-0.15, -0.1) is 0 Å². The van der Waals surface area contributed by atoms with Gasteiger partial charge in [-0.3, -0.25) is 0 Å². The minimum atomic E-state index is -1.23. The predicted molar refractivity (Wildman–Crippen MR) is 67.1 cm³/mol. The summed E-state index contributed by atoms with van der Waals surface area (Å²) in [6.45, 7) is 0.771. The van der Waals surface area contributed by atoms with Gasteiger partial charge in [-0.2, -0.15) is 0 Å². The Kier molecular flexibility index (Phi) is 2.96. The summed E-state index contributed by atoms with van der Waals surface area (Å²) >= 11 is 0. The summed E-state index contributed by atoms with van der Waals surface area (Å²) in [7, 11) is 0. The molecule has 2 N–H and O–H groups in total. The van der Waals surface area contributed by atoms with Crippen molar-refractivity contribution in [2.45, 2.75) is 31.7 Å². The zero-order valence-electron chi connectivity index (χ0n) is 10.2. The molecule has 18 heavy (non-hydrogen) atoms. The van der Waals surface area contributed by atoms with E-state index in [9.17, 15) is 4.79 Å². The fourth-order valence-corrected chi connectivity index (χ4v) is 3.22. The Hall–Kier alpha value is -1.55. The maximum atomic E-state index is 10.7. The molecule has 1 saturated carbocycles. The monoisotopic (exact) mass is 247 g/mol. The molecule has 0 bridgehead atoms. The number of allylic oxidation sites excluding steroid dienone is 3. The van der Waals surface area contributed by atoms with E-state index < -0.39 is 6.16 Å². The smallest absolute Gasteiger partial charge is 0.449 e. The van der Waals surface area contributed by atoms with Crippen LogP contribution in [-0.2, 0) is 4.74 Å². The van der Waals surface area contributed by atoms with Gasteiger partial charge in [0, 0.05) is 12.6 Å². The first-order valence-electron chi connectivity index (χ1n) is 6.51. The number of rotatable bonds is 1. The average molecular weight is 247 g/mol. The van der Waals surface area contributed by atoms with Gasteiger partial charge in [0.1, 0.15) is 5.76 Å². The van der Waals surface area contributed by atoms with Crippen LogP contribution in [0, 0.1) is 5.92 Å². The zero-order valence-corrected chi connectivity index (χ0v) is 10.2. The Bertz CT molecular complexity index is 462. The molecule has 0 aromatic carbocycles. The minimum Gasteiger partial charge on any atom is -0.449 e. The third-order valence-corrected chi connectivity index (χ3v) is 4.01. The lowest BCUT2D eigenvalue weighted by molar-refractivity contribution is 0.110. The van der Waals surface area contributed by atoms with Crippen LogP contribution in [0.25, 0.3) is 0 Å². The van der Waals surface area contributed by atoms with Crippen LogP contribution < -0.4 is 5.32 Å². The highest BCUT2D eigenvalue weighted by Gasteiger charge is 2.33. The summed E-state index contributed by atoms with van der Waals surface area (Å²) in [6, 6.07) is 0.485. The summed E-state index contributed by atoms with van der Waals surface area (Å²) < 4.78 is 4.89. The molecule has 2 aliphatic carbocycles. The summed E-state index contributed by atoms with van der Waals surface area (Å²) in [5, 5.41) is 12.3. The van der Waals surface area contributed by atoms with E-state index in [0.717, 1.165) is 13.0 Å². The van der Waals surface area contributed by atoms with Crippen molar-refractivity contribution < 1.29 is 14.6 Å². The van der Waals surface area contributed by atoms with Gasteiger partial charge in [0.25, 0.3) is 0 Å². The second kappa shape index (κ2) is 4.61. The summed E-state index contributed by atoms with van der Waals surface area (Å²) in [4.78, 5) is 10.7. The van der Waals surface area contributed by atoms with Crippen molar-refractivity contribution in [3.8, 4) is 0 Å². The van der Waals surface area contributed by atoms with E-state index in [4.69, 9.17) is 9.84 Å². The van der Waals surface area contributed by atoms with E-state index >= 15 is 0 Å². The van der Waals surface area contributed by atoms with Crippen LogP contribution in [0.3, 0.4) is 0 Å².